The van der Waals surface area contributed by atoms with E-state index in [1.165, 1.54) is 9.75 Å². The number of nitrogens with one attached hydrogen (secondary N) is 1. The van der Waals surface area contributed by atoms with Crippen LogP contribution in [0.4, 0.5) is 26.3 Å². The zero-order chi connectivity index (χ0) is 30.3. The molecule has 224 valence electrons. The van der Waals surface area contributed by atoms with Crippen molar-refractivity contribution in [3.8, 4) is 0 Å². The van der Waals surface area contributed by atoms with E-state index in [0.717, 1.165) is 39.1 Å². The number of amides is 1. The molecule has 1 atom stereocenters. The Kier molecular flexibility index (Phi) is 11.1. The molecular formula is C23H28F6N4O6S. The summed E-state index contributed by atoms with van der Waals surface area (Å²) in [4.78, 5) is 35.3. The zero-order valence-corrected chi connectivity index (χ0v) is 22.2. The fourth-order valence-corrected chi connectivity index (χ4v) is 5.14. The molecule has 1 unspecified atom stereocenters. The van der Waals surface area contributed by atoms with Crippen molar-refractivity contribution in [2.24, 2.45) is 13.0 Å². The van der Waals surface area contributed by atoms with Crippen LogP contribution in [-0.4, -0.2) is 86.9 Å². The lowest BCUT2D eigenvalue weighted by atomic mass is 9.79. The Hall–Kier alpha value is -3.18. The van der Waals surface area contributed by atoms with E-state index < -0.39 is 24.3 Å². The van der Waals surface area contributed by atoms with Gasteiger partial charge in [0.15, 0.2) is 0 Å². The molecule has 40 heavy (non-hydrogen) atoms. The third-order valence-electron chi connectivity index (χ3n) is 6.07. The number of alkyl halides is 6. The van der Waals surface area contributed by atoms with Gasteiger partial charge in [0.2, 0.25) is 0 Å². The molecule has 2 aliphatic rings. The van der Waals surface area contributed by atoms with Crippen molar-refractivity contribution in [3.63, 3.8) is 0 Å². The first kappa shape index (κ1) is 33.0. The number of hydrogen-bond acceptors (Lipinski definition) is 7. The van der Waals surface area contributed by atoms with Crippen molar-refractivity contribution in [2.45, 2.75) is 44.3 Å². The molecule has 2 fully saturated rings. The highest BCUT2D eigenvalue weighted by Gasteiger charge is 2.52. The van der Waals surface area contributed by atoms with Crippen LogP contribution in [0.3, 0.4) is 0 Å². The maximum Gasteiger partial charge on any atom is 0.490 e. The van der Waals surface area contributed by atoms with Crippen LogP contribution in [-0.2, 0) is 27.9 Å². The molecule has 1 spiro atoms. The monoisotopic (exact) mass is 602 g/mol. The number of halogens is 6. The average Bonchev–Trinajstić information content (AvgIpc) is 3.53. The second-order valence-corrected chi connectivity index (χ2v) is 10.4. The lowest BCUT2D eigenvalue weighted by molar-refractivity contribution is -0.193. The first-order valence-corrected chi connectivity index (χ1v) is 12.5. The smallest absolute Gasteiger partial charge is 0.475 e. The molecule has 17 heteroatoms. The number of carboxylic acid groups (broad SMARTS) is 2. The molecule has 10 nitrogen and oxygen atoms in total. The van der Waals surface area contributed by atoms with Crippen LogP contribution in [0.15, 0.2) is 24.4 Å². The van der Waals surface area contributed by atoms with Gasteiger partial charge in [-0.1, -0.05) is 0 Å². The number of ether oxygens (including phenoxy) is 1. The number of rotatable bonds is 6. The first-order chi connectivity index (χ1) is 18.4. The zero-order valence-electron chi connectivity index (χ0n) is 21.4. The highest BCUT2D eigenvalue weighted by molar-refractivity contribution is 7.11. The van der Waals surface area contributed by atoms with Crippen LogP contribution < -0.4 is 5.32 Å². The van der Waals surface area contributed by atoms with Gasteiger partial charge < -0.3 is 20.3 Å². The Labute approximate surface area is 228 Å². The van der Waals surface area contributed by atoms with Crippen molar-refractivity contribution < 1.29 is 55.7 Å². The minimum atomic E-state index is -5.08. The van der Waals surface area contributed by atoms with Gasteiger partial charge in [0.1, 0.15) is 5.69 Å². The van der Waals surface area contributed by atoms with E-state index in [9.17, 15) is 31.1 Å². The van der Waals surface area contributed by atoms with Crippen LogP contribution in [0.2, 0.25) is 0 Å². The summed E-state index contributed by atoms with van der Waals surface area (Å²) >= 11 is 1.88. The Bertz CT molecular complexity index is 1140. The molecule has 3 N–H and O–H groups in total. The van der Waals surface area contributed by atoms with Crippen molar-refractivity contribution in [1.29, 1.82) is 0 Å². The van der Waals surface area contributed by atoms with Crippen molar-refractivity contribution >= 4 is 29.2 Å². The Balaban J connectivity index is 0.000000333. The average molecular weight is 603 g/mol. The fraction of sp³-hybridized carbons (Fsp3) is 0.565. The normalized spacial score (nSPS) is 18.1. The van der Waals surface area contributed by atoms with Gasteiger partial charge in [0.05, 0.1) is 5.60 Å². The SMILES string of the molecule is Cc1ccc(CN2CC3(C2)OCCC3CCNC(=O)c2ccnn2C)s1.O=C(O)C(F)(F)F.O=C(O)C(F)(F)F. The standard InChI is InChI=1S/C19H26N4O2S.2C2HF3O2/c1-14-3-4-16(26-14)11-23-12-19(13-23)15(7-10-25-19)5-8-20-18(24)17-6-9-21-22(17)2;2*3-2(4,5)1(6)7/h3-4,6,9,15H,5,7-8,10-13H2,1-2H3,(H,20,24);2*(H,6,7). The van der Waals surface area contributed by atoms with Crippen molar-refractivity contribution in [1.82, 2.24) is 20.0 Å². The number of carbonyl (C=O) groups is 3. The molecule has 2 aliphatic heterocycles. The van der Waals surface area contributed by atoms with Crippen LogP contribution >= 0.6 is 11.3 Å². The van der Waals surface area contributed by atoms with E-state index in [0.29, 0.717) is 18.2 Å². The third-order valence-corrected chi connectivity index (χ3v) is 7.06. The molecule has 4 rings (SSSR count). The molecule has 0 aliphatic carbocycles. The Morgan fingerprint density at radius 1 is 1.10 bits per heavy atom. The second kappa shape index (κ2) is 13.5. The largest absolute Gasteiger partial charge is 0.490 e. The molecule has 1 amide bonds. The summed E-state index contributed by atoms with van der Waals surface area (Å²) < 4.78 is 71.2. The summed E-state index contributed by atoms with van der Waals surface area (Å²) in [5, 5.41) is 21.3. The summed E-state index contributed by atoms with van der Waals surface area (Å²) in [6.07, 6.45) is -6.46. The maximum atomic E-state index is 12.2. The van der Waals surface area contributed by atoms with Crippen LogP contribution in [0.25, 0.3) is 0 Å². The molecule has 2 aromatic rings. The number of aliphatic carboxylic acids is 2. The summed E-state index contributed by atoms with van der Waals surface area (Å²) in [5.41, 5.74) is 0.604. The number of carbonyl (C=O) groups excluding carboxylic acids is 1. The summed E-state index contributed by atoms with van der Waals surface area (Å²) in [6.45, 7) is 6.71. The molecule has 0 saturated carbocycles. The molecule has 2 aromatic heterocycles. The molecule has 0 radical (unpaired) electrons. The van der Waals surface area contributed by atoms with Gasteiger partial charge in [-0.15, -0.1) is 11.3 Å². The topological polar surface area (TPSA) is 134 Å². The second-order valence-electron chi connectivity index (χ2n) is 9.05. The highest BCUT2D eigenvalue weighted by atomic mass is 32.1. The molecule has 4 heterocycles. The summed E-state index contributed by atoms with van der Waals surface area (Å²) in [6, 6.07) is 6.16. The van der Waals surface area contributed by atoms with Crippen molar-refractivity contribution in [2.75, 3.05) is 26.2 Å². The van der Waals surface area contributed by atoms with E-state index in [1.807, 2.05) is 11.3 Å². The van der Waals surface area contributed by atoms with Crippen LogP contribution in [0, 0.1) is 12.8 Å². The number of aryl methyl sites for hydroxylation is 2. The lowest BCUT2D eigenvalue weighted by Gasteiger charge is -2.50. The van der Waals surface area contributed by atoms with Gasteiger partial charge in [-0.05, 0) is 43.9 Å². The molecule has 2 saturated heterocycles. The number of hydrogen-bond donors (Lipinski definition) is 3. The van der Waals surface area contributed by atoms with E-state index in [2.05, 4.69) is 34.4 Å². The van der Waals surface area contributed by atoms with Crippen molar-refractivity contribution in [3.05, 3.63) is 39.8 Å². The van der Waals surface area contributed by atoms with Gasteiger partial charge in [-0.3, -0.25) is 14.4 Å². The van der Waals surface area contributed by atoms with E-state index in [4.69, 9.17) is 24.5 Å². The Morgan fingerprint density at radius 2 is 1.68 bits per heavy atom. The first-order valence-electron chi connectivity index (χ1n) is 11.7. The Morgan fingerprint density at radius 3 is 2.12 bits per heavy atom. The molecular weight excluding hydrogens is 574 g/mol. The third kappa shape index (κ3) is 9.48. The van der Waals surface area contributed by atoms with Crippen LogP contribution in [0.1, 0.15) is 33.1 Å². The van der Waals surface area contributed by atoms with Crippen LogP contribution in [0.5, 0.6) is 0 Å². The van der Waals surface area contributed by atoms with Gasteiger partial charge in [-0.25, -0.2) is 9.59 Å². The lowest BCUT2D eigenvalue weighted by Crippen LogP contribution is -2.64. The number of carboxylic acids is 2. The minimum Gasteiger partial charge on any atom is -0.475 e. The van der Waals surface area contributed by atoms with E-state index >= 15 is 0 Å². The number of thiophene rings is 1. The number of likely N-dealkylation sites (tertiary alicyclic amines) is 1. The summed E-state index contributed by atoms with van der Waals surface area (Å²) in [7, 11) is 1.78. The predicted molar refractivity (Wildman–Crippen MR) is 129 cm³/mol. The van der Waals surface area contributed by atoms with Gasteiger partial charge in [0, 0.05) is 55.8 Å². The number of aromatic nitrogens is 2. The summed E-state index contributed by atoms with van der Waals surface area (Å²) in [5.74, 6) is -5.04. The minimum absolute atomic E-state index is 0.00353. The fourth-order valence-electron chi connectivity index (χ4n) is 4.20. The quantitative estimate of drug-likeness (QED) is 0.428. The van der Waals surface area contributed by atoms with Gasteiger partial charge in [-0.2, -0.15) is 31.4 Å². The van der Waals surface area contributed by atoms with Gasteiger partial charge in [0.25, 0.3) is 5.91 Å². The maximum absolute atomic E-state index is 12.2. The van der Waals surface area contributed by atoms with E-state index in [1.54, 1.807) is 24.0 Å². The predicted octanol–water partition coefficient (Wildman–Crippen LogP) is 3.47. The number of nitrogens with zero attached hydrogens (tertiary/aromatic N) is 3. The molecule has 0 bridgehead atoms. The highest BCUT2D eigenvalue weighted by Crippen LogP contribution is 2.42. The molecule has 0 aromatic carbocycles. The van der Waals surface area contributed by atoms with Gasteiger partial charge >= 0.3 is 24.3 Å². The van der Waals surface area contributed by atoms with E-state index in [-0.39, 0.29) is 11.5 Å².